The lowest BCUT2D eigenvalue weighted by Crippen LogP contribution is -2.36. The van der Waals surface area contributed by atoms with Gasteiger partial charge < -0.3 is 14.2 Å². The lowest BCUT2D eigenvalue weighted by molar-refractivity contribution is -0.121. The van der Waals surface area contributed by atoms with E-state index in [1.54, 1.807) is 11.9 Å². The first-order valence-corrected chi connectivity index (χ1v) is 11.8. The molecule has 7 heteroatoms. The van der Waals surface area contributed by atoms with Gasteiger partial charge in [0.1, 0.15) is 0 Å². The summed E-state index contributed by atoms with van der Waals surface area (Å²) in [5, 5.41) is 0.685. The molecule has 0 N–H and O–H groups in total. The maximum atomic E-state index is 12.9. The Morgan fingerprint density at radius 3 is 2.45 bits per heavy atom. The molecule has 0 bridgehead atoms. The van der Waals surface area contributed by atoms with Crippen molar-refractivity contribution >= 4 is 40.3 Å². The molecule has 2 fully saturated rings. The van der Waals surface area contributed by atoms with Crippen molar-refractivity contribution in [2.45, 2.75) is 6.92 Å². The highest BCUT2D eigenvalue weighted by atomic mass is 32.2. The third-order valence-corrected chi connectivity index (χ3v) is 6.88. The standard InChI is InChI=1S/C26H26N4O2S/c1-19-16-20(18-30(19)23-6-4-3-5-7-23)17-24-25(31)28(2)26(33-24)27-21-8-10-22(11-9-21)29-12-14-32-15-13-29/h3-11,16-18H,12-15H2,1-2H3/b24-17+,27-26?. The molecule has 168 valence electrons. The normalized spacial score (nSPS) is 19.2. The molecule has 33 heavy (non-hydrogen) atoms. The molecule has 2 saturated heterocycles. The van der Waals surface area contributed by atoms with Gasteiger partial charge in [-0.1, -0.05) is 18.2 Å². The number of aliphatic imine (C=N–C) groups is 1. The van der Waals surface area contributed by atoms with Crippen molar-refractivity contribution in [2.24, 2.45) is 4.99 Å². The number of thioether (sulfide) groups is 1. The van der Waals surface area contributed by atoms with Crippen LogP contribution in [0.2, 0.25) is 0 Å². The van der Waals surface area contributed by atoms with Crippen LogP contribution in [-0.4, -0.2) is 53.9 Å². The zero-order valence-corrected chi connectivity index (χ0v) is 19.6. The third-order valence-electron chi connectivity index (χ3n) is 5.82. The third kappa shape index (κ3) is 4.60. The first-order chi connectivity index (χ1) is 16.1. The topological polar surface area (TPSA) is 50.1 Å². The van der Waals surface area contributed by atoms with Crippen LogP contribution < -0.4 is 4.90 Å². The van der Waals surface area contributed by atoms with Gasteiger partial charge in [-0.2, -0.15) is 0 Å². The molecule has 2 aromatic carbocycles. The molecule has 0 aliphatic carbocycles. The van der Waals surface area contributed by atoms with Crippen LogP contribution in [0.25, 0.3) is 11.8 Å². The summed E-state index contributed by atoms with van der Waals surface area (Å²) in [5.41, 5.74) is 5.22. The fourth-order valence-corrected chi connectivity index (χ4v) is 5.00. The molecule has 0 spiro atoms. The van der Waals surface area contributed by atoms with Crippen LogP contribution in [0, 0.1) is 6.92 Å². The average Bonchev–Trinajstić information content (AvgIpc) is 3.35. The Kier molecular flexibility index (Phi) is 6.07. The lowest BCUT2D eigenvalue weighted by Gasteiger charge is -2.28. The number of hydrogen-bond donors (Lipinski definition) is 0. The van der Waals surface area contributed by atoms with Crippen LogP contribution >= 0.6 is 11.8 Å². The Morgan fingerprint density at radius 2 is 1.73 bits per heavy atom. The first kappa shape index (κ1) is 21.6. The van der Waals surface area contributed by atoms with Crippen molar-refractivity contribution in [1.82, 2.24) is 9.47 Å². The van der Waals surface area contributed by atoms with Crippen LogP contribution in [-0.2, 0) is 9.53 Å². The number of aromatic nitrogens is 1. The fourth-order valence-electron chi connectivity index (χ4n) is 4.02. The van der Waals surface area contributed by atoms with Gasteiger partial charge in [0.25, 0.3) is 5.91 Å². The summed E-state index contributed by atoms with van der Waals surface area (Å²) in [6.45, 7) is 5.40. The molecule has 2 aliphatic rings. The molecule has 0 radical (unpaired) electrons. The second kappa shape index (κ2) is 9.29. The van der Waals surface area contributed by atoms with Crippen molar-refractivity contribution in [3.05, 3.63) is 83.0 Å². The van der Waals surface area contributed by atoms with E-state index in [9.17, 15) is 4.79 Å². The molecular weight excluding hydrogens is 432 g/mol. The predicted molar refractivity (Wildman–Crippen MR) is 135 cm³/mol. The number of nitrogens with zero attached hydrogens (tertiary/aromatic N) is 4. The van der Waals surface area contributed by atoms with E-state index >= 15 is 0 Å². The number of carbonyl (C=O) groups is 1. The molecular formula is C26H26N4O2S. The van der Waals surface area contributed by atoms with Crippen LogP contribution in [0.4, 0.5) is 11.4 Å². The fraction of sp³-hybridized carbons (Fsp3) is 0.231. The summed E-state index contributed by atoms with van der Waals surface area (Å²) in [4.78, 5) is 22.2. The number of benzene rings is 2. The number of anilines is 1. The average molecular weight is 459 g/mol. The number of morpholine rings is 1. The van der Waals surface area contributed by atoms with Crippen molar-refractivity contribution in [3.63, 3.8) is 0 Å². The van der Waals surface area contributed by atoms with Gasteiger partial charge in [0.15, 0.2) is 5.17 Å². The summed E-state index contributed by atoms with van der Waals surface area (Å²) in [6, 6.07) is 20.5. The van der Waals surface area contributed by atoms with Crippen LogP contribution in [0.1, 0.15) is 11.3 Å². The maximum Gasteiger partial charge on any atom is 0.266 e. The number of hydrogen-bond acceptors (Lipinski definition) is 5. The van der Waals surface area contributed by atoms with Crippen molar-refractivity contribution in [3.8, 4) is 5.69 Å². The number of amides is 1. The molecule has 5 rings (SSSR count). The molecule has 1 aromatic heterocycles. The van der Waals surface area contributed by atoms with E-state index in [0.29, 0.717) is 10.1 Å². The Hall–Kier alpha value is -3.29. The molecule has 2 aliphatic heterocycles. The Labute approximate surface area is 198 Å². The highest BCUT2D eigenvalue weighted by Gasteiger charge is 2.30. The number of para-hydroxylation sites is 1. The van der Waals surface area contributed by atoms with E-state index in [4.69, 9.17) is 9.73 Å². The maximum absolute atomic E-state index is 12.9. The Balaban J connectivity index is 1.35. The van der Waals surface area contributed by atoms with E-state index in [-0.39, 0.29) is 5.91 Å². The van der Waals surface area contributed by atoms with Gasteiger partial charge in [-0.25, -0.2) is 4.99 Å². The van der Waals surface area contributed by atoms with Gasteiger partial charge in [0.2, 0.25) is 0 Å². The first-order valence-electron chi connectivity index (χ1n) is 11.0. The van der Waals surface area contributed by atoms with E-state index in [1.807, 2.05) is 36.4 Å². The molecule has 6 nitrogen and oxygen atoms in total. The summed E-state index contributed by atoms with van der Waals surface area (Å²) >= 11 is 1.41. The van der Waals surface area contributed by atoms with Crippen LogP contribution in [0.3, 0.4) is 0 Å². The smallest absolute Gasteiger partial charge is 0.266 e. The number of carbonyl (C=O) groups excluding carboxylic acids is 1. The quantitative estimate of drug-likeness (QED) is 0.524. The zero-order valence-electron chi connectivity index (χ0n) is 18.8. The number of ether oxygens (including phenoxy) is 1. The highest BCUT2D eigenvalue weighted by molar-refractivity contribution is 8.18. The molecule has 0 unspecified atom stereocenters. The molecule has 0 atom stereocenters. The van der Waals surface area contributed by atoms with Gasteiger partial charge >= 0.3 is 0 Å². The largest absolute Gasteiger partial charge is 0.378 e. The molecule has 0 saturated carbocycles. The van der Waals surface area contributed by atoms with Gasteiger partial charge in [0, 0.05) is 43.4 Å². The number of amidine groups is 1. The number of rotatable bonds is 4. The minimum absolute atomic E-state index is 0.0335. The Morgan fingerprint density at radius 1 is 1.00 bits per heavy atom. The summed E-state index contributed by atoms with van der Waals surface area (Å²) < 4.78 is 7.56. The summed E-state index contributed by atoms with van der Waals surface area (Å²) in [6.07, 6.45) is 4.00. The van der Waals surface area contributed by atoms with Gasteiger partial charge in [-0.15, -0.1) is 0 Å². The second-order valence-corrected chi connectivity index (χ2v) is 9.11. The van der Waals surface area contributed by atoms with E-state index in [1.165, 1.54) is 17.4 Å². The van der Waals surface area contributed by atoms with Crippen molar-refractivity contribution < 1.29 is 9.53 Å². The second-order valence-electron chi connectivity index (χ2n) is 8.11. The van der Waals surface area contributed by atoms with Gasteiger partial charge in [-0.3, -0.25) is 9.69 Å². The zero-order chi connectivity index (χ0) is 22.8. The van der Waals surface area contributed by atoms with Crippen LogP contribution in [0.15, 0.2) is 76.8 Å². The van der Waals surface area contributed by atoms with Crippen LogP contribution in [0.5, 0.6) is 0 Å². The summed E-state index contributed by atoms with van der Waals surface area (Å²) in [5.74, 6) is -0.0335. The monoisotopic (exact) mass is 458 g/mol. The van der Waals surface area contributed by atoms with Crippen molar-refractivity contribution in [2.75, 3.05) is 38.3 Å². The minimum atomic E-state index is -0.0335. The molecule has 3 heterocycles. The molecule has 3 aromatic rings. The highest BCUT2D eigenvalue weighted by Crippen LogP contribution is 2.34. The summed E-state index contributed by atoms with van der Waals surface area (Å²) in [7, 11) is 1.78. The number of aryl methyl sites for hydroxylation is 1. The Bertz CT molecular complexity index is 1210. The lowest BCUT2D eigenvalue weighted by atomic mass is 10.2. The molecule has 1 amide bonds. The number of likely N-dealkylation sites (N-methyl/N-ethyl adjacent to an activating group) is 1. The van der Waals surface area contributed by atoms with Crippen molar-refractivity contribution in [1.29, 1.82) is 0 Å². The van der Waals surface area contributed by atoms with Gasteiger partial charge in [-0.05, 0) is 72.8 Å². The van der Waals surface area contributed by atoms with E-state index in [0.717, 1.165) is 48.9 Å². The van der Waals surface area contributed by atoms with Gasteiger partial charge in [0.05, 0.1) is 23.8 Å². The predicted octanol–water partition coefficient (Wildman–Crippen LogP) is 4.86. The van der Waals surface area contributed by atoms with E-state index < -0.39 is 0 Å². The van der Waals surface area contributed by atoms with E-state index in [2.05, 4.69) is 52.9 Å². The SMILES string of the molecule is Cc1cc(/C=C2/SC(=Nc3ccc(N4CCOCC4)cc3)N(C)C2=O)cn1-c1ccccc1. The minimum Gasteiger partial charge on any atom is -0.378 e.